The van der Waals surface area contributed by atoms with Gasteiger partial charge in [0.15, 0.2) is 0 Å². The number of carbonyl (C=O) groups excluding carboxylic acids is 3. The third kappa shape index (κ3) is 9.16. The van der Waals surface area contributed by atoms with E-state index in [1.165, 1.54) is 7.11 Å². The highest BCUT2D eigenvalue weighted by Crippen LogP contribution is 2.08. The van der Waals surface area contributed by atoms with Gasteiger partial charge in [0, 0.05) is 0 Å². The molecule has 2 atom stereocenters. The number of hydrogen-bond acceptors (Lipinski definition) is 6. The lowest BCUT2D eigenvalue weighted by Crippen LogP contribution is -2.55. The summed E-state index contributed by atoms with van der Waals surface area (Å²) >= 11 is 0. The summed E-state index contributed by atoms with van der Waals surface area (Å²) in [6, 6.07) is 7.54. The topological polar surface area (TPSA) is 120 Å². The van der Waals surface area contributed by atoms with Crippen LogP contribution in [0.3, 0.4) is 0 Å². The maximum Gasteiger partial charge on any atom is 0.325 e. The van der Waals surface area contributed by atoms with Crippen LogP contribution in [0, 0.1) is 0 Å². The Labute approximate surface area is 159 Å². The molecule has 0 aliphatic heterocycles. The molecule has 0 saturated heterocycles. The van der Waals surface area contributed by atoms with Crippen molar-refractivity contribution in [3.8, 4) is 0 Å². The highest BCUT2D eigenvalue weighted by molar-refractivity contribution is 5.91. The molecular formula is C19H29N3O5. The third-order valence-corrected chi connectivity index (χ3v) is 3.59. The Kier molecular flexibility index (Phi) is 8.90. The fourth-order valence-corrected chi connectivity index (χ4v) is 2.11. The molecule has 8 nitrogen and oxygen atoms in total. The molecule has 0 unspecified atom stereocenters. The minimum absolute atomic E-state index is 0.0553. The van der Waals surface area contributed by atoms with Crippen LogP contribution in [0.5, 0.6) is 0 Å². The van der Waals surface area contributed by atoms with Crippen LogP contribution in [0.2, 0.25) is 0 Å². The molecule has 8 heteroatoms. The molecule has 150 valence electrons. The zero-order valence-corrected chi connectivity index (χ0v) is 16.3. The Hall–Kier alpha value is -2.45. The van der Waals surface area contributed by atoms with Gasteiger partial charge in [0.1, 0.15) is 12.6 Å². The molecule has 0 aromatic heterocycles. The summed E-state index contributed by atoms with van der Waals surface area (Å²) in [6.07, 6.45) is 0.337. The fourth-order valence-electron chi connectivity index (χ4n) is 2.11. The van der Waals surface area contributed by atoms with Gasteiger partial charge in [0.25, 0.3) is 0 Å². The number of nitrogens with one attached hydrogen (secondary N) is 2. The molecule has 1 aromatic carbocycles. The van der Waals surface area contributed by atoms with Gasteiger partial charge in [-0.1, -0.05) is 30.3 Å². The second kappa shape index (κ2) is 10.6. The van der Waals surface area contributed by atoms with Crippen molar-refractivity contribution in [3.05, 3.63) is 35.9 Å². The van der Waals surface area contributed by atoms with E-state index in [9.17, 15) is 14.4 Å². The van der Waals surface area contributed by atoms with E-state index in [0.717, 1.165) is 5.56 Å². The SMILES string of the molecule is COC(=O)CNC(=O)[C@H](COC(C)(C)C)NC(=O)[C@@H](N)Cc1ccccc1. The second-order valence-electron chi connectivity index (χ2n) is 7.07. The fraction of sp³-hybridized carbons (Fsp3) is 0.526. The number of amides is 2. The monoisotopic (exact) mass is 379 g/mol. The van der Waals surface area contributed by atoms with Crippen LogP contribution >= 0.6 is 0 Å². The van der Waals surface area contributed by atoms with Gasteiger partial charge < -0.3 is 25.8 Å². The standard InChI is InChI=1S/C19H29N3O5/c1-19(2,3)27-12-15(18(25)21-11-16(23)26-4)22-17(24)14(20)10-13-8-6-5-7-9-13/h5-9,14-15H,10-12,20H2,1-4H3,(H,21,25)(H,22,24)/t14-,15-/m0/s1. The Bertz CT molecular complexity index is 628. The Balaban J connectivity index is 2.71. The molecule has 0 fully saturated rings. The highest BCUT2D eigenvalue weighted by atomic mass is 16.5. The first kappa shape index (κ1) is 22.6. The molecule has 2 amide bonds. The van der Waals surface area contributed by atoms with Crippen LogP contribution in [0.4, 0.5) is 0 Å². The lowest BCUT2D eigenvalue weighted by atomic mass is 10.1. The van der Waals surface area contributed by atoms with Gasteiger partial charge in [-0.05, 0) is 32.8 Å². The van der Waals surface area contributed by atoms with Crippen molar-refractivity contribution in [1.82, 2.24) is 10.6 Å². The molecule has 0 aliphatic rings. The summed E-state index contributed by atoms with van der Waals surface area (Å²) in [6.45, 7) is 5.14. The molecular weight excluding hydrogens is 350 g/mol. The van der Waals surface area contributed by atoms with Crippen molar-refractivity contribution in [2.75, 3.05) is 20.3 Å². The molecule has 27 heavy (non-hydrogen) atoms. The van der Waals surface area contributed by atoms with Crippen molar-refractivity contribution in [2.45, 2.75) is 44.9 Å². The molecule has 0 spiro atoms. The molecule has 0 aliphatic carbocycles. The van der Waals surface area contributed by atoms with Crippen molar-refractivity contribution in [2.24, 2.45) is 5.73 Å². The number of nitrogens with two attached hydrogens (primary N) is 1. The summed E-state index contributed by atoms with van der Waals surface area (Å²) in [5.41, 5.74) is 6.38. The molecule has 4 N–H and O–H groups in total. The van der Waals surface area contributed by atoms with Crippen molar-refractivity contribution in [3.63, 3.8) is 0 Å². The van der Waals surface area contributed by atoms with Gasteiger partial charge in [-0.2, -0.15) is 0 Å². The van der Waals surface area contributed by atoms with Gasteiger partial charge in [-0.15, -0.1) is 0 Å². The Morgan fingerprint density at radius 2 is 1.74 bits per heavy atom. The maximum atomic E-state index is 12.4. The van der Waals surface area contributed by atoms with Crippen LogP contribution in [0.25, 0.3) is 0 Å². The lowest BCUT2D eigenvalue weighted by Gasteiger charge is -2.25. The van der Waals surface area contributed by atoms with Crippen LogP contribution in [0.1, 0.15) is 26.3 Å². The maximum absolute atomic E-state index is 12.4. The van der Waals surface area contributed by atoms with E-state index in [1.807, 2.05) is 51.1 Å². The minimum Gasteiger partial charge on any atom is -0.468 e. The summed E-state index contributed by atoms with van der Waals surface area (Å²) < 4.78 is 10.1. The van der Waals surface area contributed by atoms with E-state index >= 15 is 0 Å². The number of rotatable bonds is 9. The minimum atomic E-state index is -0.983. The first-order valence-corrected chi connectivity index (χ1v) is 8.70. The Morgan fingerprint density at radius 1 is 1.11 bits per heavy atom. The summed E-state index contributed by atoms with van der Waals surface area (Å²) in [5.74, 6) is -1.62. The zero-order valence-electron chi connectivity index (χ0n) is 16.3. The van der Waals surface area contributed by atoms with Gasteiger partial charge >= 0.3 is 5.97 Å². The van der Waals surface area contributed by atoms with E-state index in [1.54, 1.807) is 0 Å². The molecule has 1 rings (SSSR count). The van der Waals surface area contributed by atoms with Crippen LogP contribution in [0.15, 0.2) is 30.3 Å². The zero-order chi connectivity index (χ0) is 20.4. The quantitative estimate of drug-likeness (QED) is 0.525. The van der Waals surface area contributed by atoms with Crippen LogP contribution < -0.4 is 16.4 Å². The predicted molar refractivity (Wildman–Crippen MR) is 101 cm³/mol. The number of hydrogen-bond donors (Lipinski definition) is 3. The summed E-state index contributed by atoms with van der Waals surface area (Å²) in [5, 5.41) is 5.01. The van der Waals surface area contributed by atoms with E-state index < -0.39 is 35.5 Å². The van der Waals surface area contributed by atoms with Crippen LogP contribution in [-0.2, 0) is 30.3 Å². The van der Waals surface area contributed by atoms with Crippen molar-refractivity contribution in [1.29, 1.82) is 0 Å². The second-order valence-corrected chi connectivity index (χ2v) is 7.07. The molecule has 0 heterocycles. The molecule has 0 bridgehead atoms. The normalized spacial score (nSPS) is 13.4. The van der Waals surface area contributed by atoms with Crippen LogP contribution in [-0.4, -0.2) is 55.7 Å². The summed E-state index contributed by atoms with van der Waals surface area (Å²) in [4.78, 5) is 36.0. The smallest absolute Gasteiger partial charge is 0.325 e. The van der Waals surface area contributed by atoms with Crippen molar-refractivity contribution < 1.29 is 23.9 Å². The highest BCUT2D eigenvalue weighted by Gasteiger charge is 2.26. The molecule has 1 aromatic rings. The number of methoxy groups -OCH3 is 1. The summed E-state index contributed by atoms with van der Waals surface area (Å²) in [7, 11) is 1.22. The largest absolute Gasteiger partial charge is 0.468 e. The van der Waals surface area contributed by atoms with E-state index in [0.29, 0.717) is 6.42 Å². The average Bonchev–Trinajstić information content (AvgIpc) is 2.62. The first-order chi connectivity index (χ1) is 12.6. The van der Waals surface area contributed by atoms with Gasteiger partial charge in [0.2, 0.25) is 11.8 Å². The predicted octanol–water partition coefficient (Wildman–Crippen LogP) is 0.146. The van der Waals surface area contributed by atoms with Gasteiger partial charge in [-0.25, -0.2) is 0 Å². The van der Waals surface area contributed by atoms with Gasteiger partial charge in [0.05, 0.1) is 25.4 Å². The number of benzene rings is 1. The van der Waals surface area contributed by atoms with Crippen molar-refractivity contribution >= 4 is 17.8 Å². The van der Waals surface area contributed by atoms with E-state index in [2.05, 4.69) is 15.4 Å². The van der Waals surface area contributed by atoms with E-state index in [-0.39, 0.29) is 13.2 Å². The first-order valence-electron chi connectivity index (χ1n) is 8.70. The average molecular weight is 379 g/mol. The lowest BCUT2D eigenvalue weighted by molar-refractivity contribution is -0.142. The third-order valence-electron chi connectivity index (χ3n) is 3.59. The number of ether oxygens (including phenoxy) is 2. The number of esters is 1. The number of carbonyl (C=O) groups is 3. The molecule has 0 radical (unpaired) electrons. The Morgan fingerprint density at radius 3 is 2.30 bits per heavy atom. The van der Waals surface area contributed by atoms with E-state index in [4.69, 9.17) is 10.5 Å². The van der Waals surface area contributed by atoms with Gasteiger partial charge in [-0.3, -0.25) is 14.4 Å². The molecule has 0 saturated carbocycles.